The van der Waals surface area contributed by atoms with Crippen molar-refractivity contribution in [3.05, 3.63) is 267 Å². The van der Waals surface area contributed by atoms with Gasteiger partial charge in [0.05, 0.1) is 27.7 Å². The van der Waals surface area contributed by atoms with Crippen LogP contribution in [0.25, 0.3) is 0 Å². The highest BCUT2D eigenvalue weighted by molar-refractivity contribution is 7.45. The molecule has 0 saturated carbocycles. The molecule has 0 aromatic carbocycles. The van der Waals surface area contributed by atoms with Crippen LogP contribution in [0.2, 0.25) is 0 Å². The lowest BCUT2D eigenvalue weighted by Crippen LogP contribution is -2.37. The minimum atomic E-state index is -4.68. The molecule has 0 aliphatic carbocycles. The Bertz CT molecular complexity index is 2800. The number of hydrogen-bond donors (Lipinski definition) is 0. The summed E-state index contributed by atoms with van der Waals surface area (Å²) in [7, 11) is 1.11. The summed E-state index contributed by atoms with van der Waals surface area (Å²) in [6, 6.07) is 0. The minimum Gasteiger partial charge on any atom is -0.756 e. The Morgan fingerprint density at radius 2 is 0.509 bits per heavy atom. The zero-order valence-corrected chi connectivity index (χ0v) is 68.1. The van der Waals surface area contributed by atoms with Gasteiger partial charge in [-0.1, -0.05) is 345 Å². The molecule has 0 heterocycles. The molecule has 0 rings (SSSR count). The van der Waals surface area contributed by atoms with E-state index in [1.807, 2.05) is 21.1 Å². The van der Waals surface area contributed by atoms with E-state index < -0.39 is 32.5 Å². The zero-order chi connectivity index (χ0) is 76.8. The molecule has 0 saturated heterocycles. The number of esters is 2. The summed E-state index contributed by atoms with van der Waals surface area (Å²) in [5, 5.41) is 0. The summed E-state index contributed by atoms with van der Waals surface area (Å²) in [5.41, 5.74) is 0. The Morgan fingerprint density at radius 3 is 0.755 bits per heavy atom. The summed E-state index contributed by atoms with van der Waals surface area (Å²) in [4.78, 5) is 38.2. The number of phosphoric ester groups is 1. The zero-order valence-electron chi connectivity index (χ0n) is 67.3. The van der Waals surface area contributed by atoms with Gasteiger partial charge in [-0.3, -0.25) is 14.2 Å². The second-order valence-corrected chi connectivity index (χ2v) is 28.7. The number of likely N-dealkylation sites (N-methyl/N-ethyl adjacent to an activating group) is 1. The molecule has 9 nitrogen and oxygen atoms in total. The van der Waals surface area contributed by atoms with Crippen molar-refractivity contribution in [2.24, 2.45) is 0 Å². The van der Waals surface area contributed by atoms with Gasteiger partial charge in [-0.25, -0.2) is 0 Å². The Kier molecular flexibility index (Phi) is 77.1. The lowest BCUT2D eigenvalue weighted by molar-refractivity contribution is -0.870. The van der Waals surface area contributed by atoms with E-state index >= 15 is 0 Å². The maximum Gasteiger partial charge on any atom is 0.306 e. The lowest BCUT2D eigenvalue weighted by Gasteiger charge is -2.28. The van der Waals surface area contributed by atoms with Gasteiger partial charge >= 0.3 is 11.9 Å². The summed E-state index contributed by atoms with van der Waals surface area (Å²) < 4.78 is 34.3. The van der Waals surface area contributed by atoms with E-state index in [2.05, 4.69) is 281 Å². The highest BCUT2D eigenvalue weighted by Gasteiger charge is 2.22. The van der Waals surface area contributed by atoms with Crippen molar-refractivity contribution in [2.75, 3.05) is 47.5 Å². The van der Waals surface area contributed by atoms with Gasteiger partial charge in [0.15, 0.2) is 6.10 Å². The van der Waals surface area contributed by atoms with Gasteiger partial charge in [-0.05, 0) is 180 Å². The van der Waals surface area contributed by atoms with Crippen molar-refractivity contribution in [3.8, 4) is 0 Å². The molecule has 0 bridgehead atoms. The third-order valence-corrected chi connectivity index (χ3v) is 17.2. The fourth-order valence-corrected chi connectivity index (χ4v) is 10.8. The van der Waals surface area contributed by atoms with Gasteiger partial charge in [-0.2, -0.15) is 0 Å². The number of phosphoric acid groups is 1. The first kappa shape index (κ1) is 99.3. The van der Waals surface area contributed by atoms with Crippen molar-refractivity contribution in [1.29, 1.82) is 0 Å². The Balaban J connectivity index is 4.16. The maximum absolute atomic E-state index is 12.9. The van der Waals surface area contributed by atoms with Crippen molar-refractivity contribution in [2.45, 2.75) is 277 Å². The summed E-state index contributed by atoms with van der Waals surface area (Å²) in [6.07, 6.45) is 136. The van der Waals surface area contributed by atoms with Gasteiger partial charge in [0.1, 0.15) is 19.8 Å². The van der Waals surface area contributed by atoms with Gasteiger partial charge in [0.25, 0.3) is 7.82 Å². The van der Waals surface area contributed by atoms with Crippen molar-refractivity contribution < 1.29 is 42.1 Å². The van der Waals surface area contributed by atoms with Crippen molar-refractivity contribution >= 4 is 19.8 Å². The molecule has 590 valence electrons. The van der Waals surface area contributed by atoms with E-state index in [-0.39, 0.29) is 26.1 Å². The Hall–Kier alpha value is -6.71. The fraction of sp³-hybridized carbons (Fsp3) is 0.521. The van der Waals surface area contributed by atoms with Crippen LogP contribution in [0.5, 0.6) is 0 Å². The molecule has 0 radical (unpaired) electrons. The number of quaternary nitrogens is 1. The Labute approximate surface area is 649 Å². The van der Waals surface area contributed by atoms with Crippen LogP contribution in [0.4, 0.5) is 0 Å². The van der Waals surface area contributed by atoms with Gasteiger partial charge in [-0.15, -0.1) is 0 Å². The Morgan fingerprint density at radius 1 is 0.292 bits per heavy atom. The number of rotatable bonds is 72. The van der Waals surface area contributed by atoms with E-state index in [9.17, 15) is 19.0 Å². The van der Waals surface area contributed by atoms with E-state index in [0.29, 0.717) is 23.9 Å². The first-order valence-electron chi connectivity index (χ1n) is 41.0. The number of carbonyl (C=O) groups is 2. The number of unbranched alkanes of at least 4 members (excludes halogenated alkanes) is 14. The third kappa shape index (κ3) is 86.2. The van der Waals surface area contributed by atoms with Crippen LogP contribution >= 0.6 is 7.82 Å². The van der Waals surface area contributed by atoms with E-state index in [1.54, 1.807) is 0 Å². The normalized spacial score (nSPS) is 14.4. The molecule has 2 atom stereocenters. The molecule has 0 fully saturated rings. The van der Waals surface area contributed by atoms with Crippen LogP contribution in [-0.4, -0.2) is 70.0 Å². The largest absolute Gasteiger partial charge is 0.756 e. The van der Waals surface area contributed by atoms with E-state index in [1.165, 1.54) is 38.5 Å². The molecule has 0 aromatic heterocycles. The average Bonchev–Trinajstić information content (AvgIpc) is 0.908. The molecule has 0 aliphatic heterocycles. The van der Waals surface area contributed by atoms with Crippen LogP contribution in [-0.2, 0) is 32.7 Å². The molecule has 0 amide bonds. The van der Waals surface area contributed by atoms with Crippen LogP contribution in [0.1, 0.15) is 271 Å². The predicted octanol–water partition coefficient (Wildman–Crippen LogP) is 27.5. The van der Waals surface area contributed by atoms with Crippen LogP contribution in [0.3, 0.4) is 0 Å². The molecule has 0 aliphatic rings. The standard InChI is InChI=1S/C96H148NO8P/c1-6-8-10-12-14-16-18-20-22-24-26-28-30-32-34-36-38-40-42-44-46-48-50-52-54-56-58-60-62-64-66-68-70-72-74-76-78-80-82-84-86-88-95(98)102-92-94(93-104-106(100,101)103-91-90-97(3,4)5)105-96(99)89-87-85-83-81-79-77-75-73-71-69-67-65-63-61-59-57-55-53-51-49-47-45-43-41-39-37-35-33-31-29-27-25-23-21-19-17-15-13-11-9-7-2/h8-11,14-17,20-23,26-29,32-35,38-41,44-47,50-53,56-59,62-65,69,71,75,77,94H,6-7,12-13,18-19,24-25,30-31,36-37,42-43,48-49,54-55,60-61,66-68,70,72-74,76,78-93H2,1-5H3/b10-8-,11-9-,16-14-,17-15-,22-20-,23-21-,28-26-,29-27-,34-32-,35-33-,40-38-,41-39-,46-44-,47-45-,52-50-,53-51-,58-56-,59-57-,64-62-,65-63-,71-69-,77-75-. The number of carbonyl (C=O) groups excluding carboxylic acids is 2. The smallest absolute Gasteiger partial charge is 0.306 e. The topological polar surface area (TPSA) is 111 Å². The molecular formula is C96H148NO8P. The molecule has 0 aromatic rings. The number of nitrogens with zero attached hydrogens (tertiary/aromatic N) is 1. The average molecular weight is 1480 g/mol. The summed E-state index contributed by atoms with van der Waals surface area (Å²) in [5.74, 6) is -0.886. The number of hydrogen-bond acceptors (Lipinski definition) is 8. The molecule has 106 heavy (non-hydrogen) atoms. The quantitative estimate of drug-likeness (QED) is 0.0195. The van der Waals surface area contributed by atoms with Gasteiger partial charge in [0, 0.05) is 12.8 Å². The van der Waals surface area contributed by atoms with Gasteiger partial charge in [0.2, 0.25) is 0 Å². The van der Waals surface area contributed by atoms with Crippen molar-refractivity contribution in [1.82, 2.24) is 0 Å². The summed E-state index contributed by atoms with van der Waals surface area (Å²) in [6.45, 7) is 3.95. The molecule has 2 unspecified atom stereocenters. The second-order valence-electron chi connectivity index (χ2n) is 27.3. The second kappa shape index (κ2) is 82.3. The van der Waals surface area contributed by atoms with E-state index in [4.69, 9.17) is 18.5 Å². The molecule has 10 heteroatoms. The summed E-state index contributed by atoms with van der Waals surface area (Å²) >= 11 is 0. The number of allylic oxidation sites excluding steroid dienone is 44. The highest BCUT2D eigenvalue weighted by Crippen LogP contribution is 2.38. The predicted molar refractivity (Wildman–Crippen MR) is 460 cm³/mol. The highest BCUT2D eigenvalue weighted by atomic mass is 31.2. The minimum absolute atomic E-state index is 0.0509. The van der Waals surface area contributed by atoms with E-state index in [0.717, 1.165) is 193 Å². The van der Waals surface area contributed by atoms with Crippen LogP contribution in [0, 0.1) is 0 Å². The molecule has 0 N–H and O–H groups in total. The maximum atomic E-state index is 12.9. The van der Waals surface area contributed by atoms with Crippen molar-refractivity contribution in [3.63, 3.8) is 0 Å². The molecular weight excluding hydrogens is 1330 g/mol. The third-order valence-electron chi connectivity index (χ3n) is 16.2. The first-order chi connectivity index (χ1) is 52.0. The lowest BCUT2D eigenvalue weighted by atomic mass is 10.1. The fourth-order valence-electron chi connectivity index (χ4n) is 10.1. The molecule has 0 spiro atoms. The SMILES string of the molecule is CC/C=C\C/C=C\C/C=C\C/C=C\C/C=C\C/C=C\C/C=C\C/C=C\C/C=C\C/C=C\C/C=C\C/C=C\CCCCCCC(=O)OC(COC(=O)CCCCCCCCCCCC/C=C\C/C=C\C/C=C\C/C=C\C/C=C\C/C=C\C/C=C\C/C=C\C/C=C\C/C=C\CC)COP(=O)([O-])OCC[N+](C)(C)C. The number of ether oxygens (including phenoxy) is 2. The van der Waals surface area contributed by atoms with Crippen LogP contribution < -0.4 is 4.89 Å². The van der Waals surface area contributed by atoms with Gasteiger partial charge < -0.3 is 27.9 Å². The first-order valence-corrected chi connectivity index (χ1v) is 42.5. The monoisotopic (exact) mass is 1470 g/mol. The van der Waals surface area contributed by atoms with Crippen LogP contribution in [0.15, 0.2) is 267 Å².